The van der Waals surface area contributed by atoms with Crippen molar-refractivity contribution < 1.29 is 22.7 Å². The van der Waals surface area contributed by atoms with Crippen LogP contribution in [0.4, 0.5) is 0 Å². The fourth-order valence-corrected chi connectivity index (χ4v) is 5.51. The van der Waals surface area contributed by atoms with Gasteiger partial charge in [-0.3, -0.25) is 19.3 Å². The molecule has 2 aliphatic heterocycles. The highest BCUT2D eigenvalue weighted by atomic mass is 32.2. The average Bonchev–Trinajstić information content (AvgIpc) is 3.15. The number of fused-ring (bicyclic) bond motifs is 1. The highest BCUT2D eigenvalue weighted by molar-refractivity contribution is 7.90. The lowest BCUT2D eigenvalue weighted by molar-refractivity contribution is -0.135. The zero-order valence-corrected chi connectivity index (χ0v) is 20.9. The summed E-state index contributed by atoms with van der Waals surface area (Å²) in [6.45, 7) is 5.48. The maximum atomic E-state index is 13.5. The molecule has 0 radical (unpaired) electrons. The first kappa shape index (κ1) is 24.7. The molecule has 2 aliphatic rings. The lowest BCUT2D eigenvalue weighted by atomic mass is 9.97. The van der Waals surface area contributed by atoms with E-state index in [1.54, 1.807) is 59.4 Å². The second kappa shape index (κ2) is 10.1. The van der Waals surface area contributed by atoms with Gasteiger partial charge in [-0.25, -0.2) is 8.42 Å². The third-order valence-corrected chi connectivity index (χ3v) is 7.96. The van der Waals surface area contributed by atoms with Gasteiger partial charge in [0.05, 0.1) is 12.0 Å². The first-order valence-electron chi connectivity index (χ1n) is 11.7. The summed E-state index contributed by atoms with van der Waals surface area (Å²) < 4.78 is 32.7. The summed E-state index contributed by atoms with van der Waals surface area (Å²) in [4.78, 5) is 34.7. The van der Waals surface area contributed by atoms with E-state index >= 15 is 0 Å². The van der Waals surface area contributed by atoms with Crippen LogP contribution >= 0.6 is 0 Å². The van der Waals surface area contributed by atoms with E-state index in [-0.39, 0.29) is 28.5 Å². The van der Waals surface area contributed by atoms with Crippen LogP contribution in [0.1, 0.15) is 36.2 Å². The van der Waals surface area contributed by atoms with Crippen LogP contribution in [0, 0.1) is 5.92 Å². The Kier molecular flexibility index (Phi) is 7.11. The van der Waals surface area contributed by atoms with Gasteiger partial charge in [-0.1, -0.05) is 38.5 Å². The molecule has 1 saturated heterocycles. The molecule has 0 unspecified atom stereocenters. The Balaban J connectivity index is 1.49. The summed E-state index contributed by atoms with van der Waals surface area (Å²) in [6.07, 6.45) is 0.704. The lowest BCUT2D eigenvalue weighted by Crippen LogP contribution is -2.53. The molecule has 10 heteroatoms. The quantitative estimate of drug-likeness (QED) is 0.657. The molecule has 186 valence electrons. The number of aliphatic imine (C=N–C) groups is 1. The number of sulfonamides is 1. The largest absolute Gasteiger partial charge is 0.497 e. The van der Waals surface area contributed by atoms with Crippen LogP contribution in [-0.4, -0.2) is 75.2 Å². The van der Waals surface area contributed by atoms with Gasteiger partial charge in [-0.05, 0) is 36.2 Å². The molecule has 4 rings (SSSR count). The van der Waals surface area contributed by atoms with Crippen molar-refractivity contribution >= 4 is 27.7 Å². The molecule has 2 heterocycles. The molecular weight excluding hydrogens is 468 g/mol. The highest BCUT2D eigenvalue weighted by Crippen LogP contribution is 2.25. The van der Waals surface area contributed by atoms with E-state index in [1.165, 1.54) is 6.07 Å². The summed E-state index contributed by atoms with van der Waals surface area (Å²) in [5.41, 5.74) is 1.02. The monoisotopic (exact) mass is 498 g/mol. The fourth-order valence-electron chi connectivity index (χ4n) is 4.27. The molecule has 9 nitrogen and oxygen atoms in total. The Hall–Kier alpha value is -3.40. The second-order valence-corrected chi connectivity index (χ2v) is 10.4. The van der Waals surface area contributed by atoms with Crippen LogP contribution in [0.25, 0.3) is 0 Å². The Labute approximate surface area is 205 Å². The molecule has 35 heavy (non-hydrogen) atoms. The number of benzene rings is 2. The number of carbonyl (C=O) groups is 2. The molecule has 0 bridgehead atoms. The normalized spacial score (nSPS) is 19.6. The van der Waals surface area contributed by atoms with Gasteiger partial charge in [0.2, 0.25) is 5.91 Å². The number of nitrogens with one attached hydrogen (secondary N) is 1. The van der Waals surface area contributed by atoms with Crippen molar-refractivity contribution in [3.05, 3.63) is 59.7 Å². The van der Waals surface area contributed by atoms with Crippen LogP contribution in [0.15, 0.2) is 58.4 Å². The average molecular weight is 499 g/mol. The molecule has 2 amide bonds. The lowest BCUT2D eigenvalue weighted by Gasteiger charge is -2.36. The van der Waals surface area contributed by atoms with Gasteiger partial charge >= 0.3 is 0 Å². The molecule has 2 aromatic rings. The van der Waals surface area contributed by atoms with Crippen LogP contribution in [0.5, 0.6) is 5.75 Å². The maximum absolute atomic E-state index is 13.5. The zero-order valence-electron chi connectivity index (χ0n) is 20.1. The number of methoxy groups -OCH3 is 1. The Bertz CT molecular complexity index is 1250. The van der Waals surface area contributed by atoms with Gasteiger partial charge in [-0.15, -0.1) is 0 Å². The molecule has 1 N–H and O–H groups in total. The number of ether oxygens (including phenoxy) is 1. The van der Waals surface area contributed by atoms with Crippen molar-refractivity contribution in [1.82, 2.24) is 14.5 Å². The number of nitrogens with zero attached hydrogens (tertiary/aromatic N) is 3. The topological polar surface area (TPSA) is 108 Å². The number of hydrogen-bond donors (Lipinski definition) is 1. The van der Waals surface area contributed by atoms with Crippen molar-refractivity contribution in [1.29, 1.82) is 0 Å². The molecule has 0 saturated carbocycles. The summed E-state index contributed by atoms with van der Waals surface area (Å²) in [5.74, 6) is 0.453. The Morgan fingerprint density at radius 3 is 2.43 bits per heavy atom. The van der Waals surface area contributed by atoms with Crippen molar-refractivity contribution in [3.8, 4) is 5.75 Å². The van der Waals surface area contributed by atoms with Gasteiger partial charge in [0.1, 0.15) is 17.6 Å². The highest BCUT2D eigenvalue weighted by Gasteiger charge is 2.35. The molecule has 0 spiro atoms. The van der Waals surface area contributed by atoms with E-state index in [2.05, 4.69) is 9.71 Å². The third-order valence-electron chi connectivity index (χ3n) is 6.56. The maximum Gasteiger partial charge on any atom is 0.263 e. The van der Waals surface area contributed by atoms with Crippen molar-refractivity contribution in [2.75, 3.05) is 33.3 Å². The predicted octanol–water partition coefficient (Wildman–Crippen LogP) is 2.13. The molecule has 2 atom stereocenters. The Morgan fingerprint density at radius 2 is 1.74 bits per heavy atom. The number of carbonyl (C=O) groups excluding carboxylic acids is 2. The fraction of sp³-hybridized carbons (Fsp3) is 0.400. The van der Waals surface area contributed by atoms with Crippen molar-refractivity contribution in [2.45, 2.75) is 31.2 Å². The number of piperazine rings is 1. The molecule has 0 aliphatic carbocycles. The van der Waals surface area contributed by atoms with E-state index < -0.39 is 16.1 Å². The van der Waals surface area contributed by atoms with Gasteiger partial charge in [0, 0.05) is 37.3 Å². The molecule has 2 aromatic carbocycles. The zero-order chi connectivity index (χ0) is 25.2. The number of amidine groups is 1. The van der Waals surface area contributed by atoms with E-state index in [9.17, 15) is 18.0 Å². The molecule has 0 aromatic heterocycles. The van der Waals surface area contributed by atoms with Crippen LogP contribution < -0.4 is 9.46 Å². The first-order chi connectivity index (χ1) is 16.7. The summed E-state index contributed by atoms with van der Waals surface area (Å²) in [6, 6.07) is 12.9. The summed E-state index contributed by atoms with van der Waals surface area (Å²) in [5, 5.41) is 0. The Morgan fingerprint density at radius 1 is 1.06 bits per heavy atom. The van der Waals surface area contributed by atoms with Gasteiger partial charge in [-0.2, -0.15) is 0 Å². The van der Waals surface area contributed by atoms with Gasteiger partial charge < -0.3 is 14.5 Å². The van der Waals surface area contributed by atoms with E-state index in [0.29, 0.717) is 49.5 Å². The van der Waals surface area contributed by atoms with E-state index in [4.69, 9.17) is 4.74 Å². The number of rotatable bonds is 6. The minimum absolute atomic E-state index is 0.0938. The van der Waals surface area contributed by atoms with Crippen LogP contribution in [-0.2, 0) is 14.8 Å². The first-order valence-corrected chi connectivity index (χ1v) is 13.2. The van der Waals surface area contributed by atoms with Crippen LogP contribution in [0.3, 0.4) is 0 Å². The standard InChI is InChI=1S/C25H30N4O5S/c1-4-17(2)22(26-23-20-10-5-6-11-21(20)35(32,33)27-23)25(31)29-14-12-28(13-15-29)24(30)18-8-7-9-19(16-18)34-3/h5-11,16-17,22H,4,12-15H2,1-3H3,(H,26,27)/t17-,22-/m0/s1. The van der Waals surface area contributed by atoms with E-state index in [0.717, 1.165) is 0 Å². The van der Waals surface area contributed by atoms with Gasteiger partial charge in [0.15, 0.2) is 0 Å². The van der Waals surface area contributed by atoms with Crippen molar-refractivity contribution in [3.63, 3.8) is 0 Å². The minimum Gasteiger partial charge on any atom is -0.497 e. The number of hydrogen-bond acceptors (Lipinski definition) is 6. The van der Waals surface area contributed by atoms with Gasteiger partial charge in [0.25, 0.3) is 15.9 Å². The van der Waals surface area contributed by atoms with E-state index in [1.807, 2.05) is 13.8 Å². The third kappa shape index (κ3) is 5.02. The SMILES string of the molecule is CC[C@H](C)[C@H](N=C1NS(=O)(=O)c2ccccc21)C(=O)N1CCN(C(=O)c2cccc(OC)c2)CC1. The smallest absolute Gasteiger partial charge is 0.263 e. The van der Waals surface area contributed by atoms with Crippen LogP contribution in [0.2, 0.25) is 0 Å². The second-order valence-electron chi connectivity index (χ2n) is 8.76. The summed E-state index contributed by atoms with van der Waals surface area (Å²) in [7, 11) is -2.13. The molecular formula is C25H30N4O5S. The minimum atomic E-state index is -3.69. The summed E-state index contributed by atoms with van der Waals surface area (Å²) >= 11 is 0. The number of amides is 2. The van der Waals surface area contributed by atoms with Crippen molar-refractivity contribution in [2.24, 2.45) is 10.9 Å². The predicted molar refractivity (Wildman–Crippen MR) is 132 cm³/mol. The molecule has 1 fully saturated rings.